The van der Waals surface area contributed by atoms with Crippen molar-refractivity contribution < 1.29 is 13.9 Å². The number of rotatable bonds is 5. The van der Waals surface area contributed by atoms with Gasteiger partial charge in [0.25, 0.3) is 5.91 Å². The fraction of sp³-hybridized carbons (Fsp3) is 0.450. The summed E-state index contributed by atoms with van der Waals surface area (Å²) in [5.74, 6) is 1.55. The van der Waals surface area contributed by atoms with Crippen LogP contribution in [0.15, 0.2) is 34.7 Å². The number of hydrogen-bond acceptors (Lipinski definition) is 3. The van der Waals surface area contributed by atoms with E-state index >= 15 is 0 Å². The zero-order valence-corrected chi connectivity index (χ0v) is 15.3. The molecule has 0 saturated heterocycles. The van der Waals surface area contributed by atoms with Crippen LogP contribution in [0.1, 0.15) is 60.4 Å². The summed E-state index contributed by atoms with van der Waals surface area (Å²) in [6, 6.07) is 9.25. The highest BCUT2D eigenvalue weighted by molar-refractivity contribution is 6.31. The Morgan fingerprint density at radius 2 is 1.96 bits per heavy atom. The second-order valence-electron chi connectivity index (χ2n) is 6.63. The predicted octanol–water partition coefficient (Wildman–Crippen LogP) is 5.27. The SMILES string of the molecule is Cc1cc(OCc2ccc(C(=O)NC3CCCCCC3)o2)ccc1Cl. The fourth-order valence-electron chi connectivity index (χ4n) is 3.12. The average Bonchev–Trinajstić information content (AvgIpc) is 2.93. The van der Waals surface area contributed by atoms with Gasteiger partial charge in [-0.2, -0.15) is 0 Å². The van der Waals surface area contributed by atoms with Crippen molar-refractivity contribution in [2.45, 2.75) is 58.1 Å². The van der Waals surface area contributed by atoms with Crippen LogP contribution in [0.5, 0.6) is 5.75 Å². The van der Waals surface area contributed by atoms with Gasteiger partial charge in [-0.1, -0.05) is 37.3 Å². The third kappa shape index (κ3) is 5.02. The molecule has 2 aromatic rings. The van der Waals surface area contributed by atoms with Gasteiger partial charge >= 0.3 is 0 Å². The number of nitrogens with one attached hydrogen (secondary N) is 1. The molecule has 1 saturated carbocycles. The molecule has 1 N–H and O–H groups in total. The summed E-state index contributed by atoms with van der Waals surface area (Å²) in [7, 11) is 0. The third-order valence-corrected chi connectivity index (χ3v) is 5.01. The molecule has 134 valence electrons. The number of ether oxygens (including phenoxy) is 1. The van der Waals surface area contributed by atoms with Gasteiger partial charge in [0.15, 0.2) is 5.76 Å². The van der Waals surface area contributed by atoms with Crippen molar-refractivity contribution in [3.05, 3.63) is 52.4 Å². The highest BCUT2D eigenvalue weighted by Gasteiger charge is 2.18. The molecule has 0 atom stereocenters. The van der Waals surface area contributed by atoms with Crippen LogP contribution in [0, 0.1) is 6.92 Å². The van der Waals surface area contributed by atoms with Crippen LogP contribution in [-0.2, 0) is 6.61 Å². The van der Waals surface area contributed by atoms with Crippen LogP contribution >= 0.6 is 11.6 Å². The van der Waals surface area contributed by atoms with Crippen LogP contribution in [0.3, 0.4) is 0 Å². The Hall–Kier alpha value is -1.94. The second-order valence-corrected chi connectivity index (χ2v) is 7.03. The van der Waals surface area contributed by atoms with E-state index in [2.05, 4.69) is 5.32 Å². The van der Waals surface area contributed by atoms with Crippen LogP contribution < -0.4 is 10.1 Å². The minimum atomic E-state index is -0.138. The van der Waals surface area contributed by atoms with Gasteiger partial charge in [-0.15, -0.1) is 0 Å². The van der Waals surface area contributed by atoms with E-state index in [1.165, 1.54) is 25.7 Å². The van der Waals surface area contributed by atoms with Gasteiger partial charge in [-0.3, -0.25) is 4.79 Å². The molecule has 1 aromatic heterocycles. The second kappa shape index (κ2) is 8.43. The summed E-state index contributed by atoms with van der Waals surface area (Å²) >= 11 is 6.01. The van der Waals surface area contributed by atoms with Gasteiger partial charge in [-0.05, 0) is 55.7 Å². The van der Waals surface area contributed by atoms with Crippen molar-refractivity contribution in [2.24, 2.45) is 0 Å². The van der Waals surface area contributed by atoms with Gasteiger partial charge in [0.1, 0.15) is 18.1 Å². The number of aryl methyl sites for hydroxylation is 1. The van der Waals surface area contributed by atoms with Crippen molar-refractivity contribution in [1.29, 1.82) is 0 Å². The van der Waals surface area contributed by atoms with Gasteiger partial charge in [0.05, 0.1) is 0 Å². The fourth-order valence-corrected chi connectivity index (χ4v) is 3.24. The summed E-state index contributed by atoms with van der Waals surface area (Å²) in [4.78, 5) is 12.3. The number of carbonyl (C=O) groups is 1. The standard InChI is InChI=1S/C20H24ClNO3/c1-14-12-16(8-10-18(14)21)24-13-17-9-11-19(25-17)20(23)22-15-6-4-2-3-5-7-15/h8-12,15H,2-7,13H2,1H3,(H,22,23). The lowest BCUT2D eigenvalue weighted by molar-refractivity contribution is 0.0901. The Morgan fingerprint density at radius 3 is 2.68 bits per heavy atom. The molecule has 4 nitrogen and oxygen atoms in total. The van der Waals surface area contributed by atoms with E-state index in [1.807, 2.05) is 19.1 Å². The molecular formula is C20H24ClNO3. The molecule has 0 unspecified atom stereocenters. The molecule has 1 aliphatic carbocycles. The van der Waals surface area contributed by atoms with Crippen molar-refractivity contribution in [1.82, 2.24) is 5.32 Å². The highest BCUT2D eigenvalue weighted by Crippen LogP contribution is 2.22. The summed E-state index contributed by atoms with van der Waals surface area (Å²) in [6.07, 6.45) is 7.00. The van der Waals surface area contributed by atoms with E-state index in [0.29, 0.717) is 16.5 Å². The van der Waals surface area contributed by atoms with Gasteiger partial charge < -0.3 is 14.5 Å². The van der Waals surface area contributed by atoms with E-state index in [9.17, 15) is 4.79 Å². The van der Waals surface area contributed by atoms with Crippen LogP contribution in [0.2, 0.25) is 5.02 Å². The topological polar surface area (TPSA) is 51.5 Å². The van der Waals surface area contributed by atoms with Gasteiger partial charge in [0.2, 0.25) is 0 Å². The summed E-state index contributed by atoms with van der Waals surface area (Å²) < 4.78 is 11.3. The first-order chi connectivity index (χ1) is 12.1. The molecule has 0 bridgehead atoms. The van der Waals surface area contributed by atoms with Crippen molar-refractivity contribution in [2.75, 3.05) is 0 Å². The number of carbonyl (C=O) groups excluding carboxylic acids is 1. The molecule has 0 aliphatic heterocycles. The van der Waals surface area contributed by atoms with Crippen LogP contribution in [-0.4, -0.2) is 11.9 Å². The lowest BCUT2D eigenvalue weighted by Crippen LogP contribution is -2.34. The molecule has 0 radical (unpaired) electrons. The number of hydrogen-bond donors (Lipinski definition) is 1. The number of amides is 1. The van der Waals surface area contributed by atoms with Crippen LogP contribution in [0.25, 0.3) is 0 Å². The average molecular weight is 362 g/mol. The molecule has 1 heterocycles. The van der Waals surface area contributed by atoms with Crippen LogP contribution in [0.4, 0.5) is 0 Å². The normalized spacial score (nSPS) is 15.6. The summed E-state index contributed by atoms with van der Waals surface area (Å²) in [6.45, 7) is 2.20. The monoisotopic (exact) mass is 361 g/mol. The Bertz CT molecular complexity index is 717. The van der Waals surface area contributed by atoms with Crippen molar-refractivity contribution >= 4 is 17.5 Å². The third-order valence-electron chi connectivity index (χ3n) is 4.59. The quantitative estimate of drug-likeness (QED) is 0.738. The molecule has 1 aromatic carbocycles. The molecular weight excluding hydrogens is 338 g/mol. The van der Waals surface area contributed by atoms with Gasteiger partial charge in [-0.25, -0.2) is 0 Å². The molecule has 1 aliphatic rings. The first-order valence-corrected chi connectivity index (χ1v) is 9.28. The summed E-state index contributed by atoms with van der Waals surface area (Å²) in [5.41, 5.74) is 0.960. The van der Waals surface area contributed by atoms with Crippen molar-refractivity contribution in [3.63, 3.8) is 0 Å². The molecule has 25 heavy (non-hydrogen) atoms. The zero-order chi connectivity index (χ0) is 17.6. The number of benzene rings is 1. The zero-order valence-electron chi connectivity index (χ0n) is 14.5. The lowest BCUT2D eigenvalue weighted by atomic mass is 10.1. The summed E-state index contributed by atoms with van der Waals surface area (Å²) in [5, 5.41) is 3.80. The van der Waals surface area contributed by atoms with E-state index in [4.69, 9.17) is 20.8 Å². The van der Waals surface area contributed by atoms with Crippen molar-refractivity contribution in [3.8, 4) is 5.75 Å². The first kappa shape index (κ1) is 17.9. The maximum absolute atomic E-state index is 12.3. The maximum atomic E-state index is 12.3. The van der Waals surface area contributed by atoms with E-state index in [-0.39, 0.29) is 18.6 Å². The first-order valence-electron chi connectivity index (χ1n) is 8.90. The smallest absolute Gasteiger partial charge is 0.287 e. The van der Waals surface area contributed by atoms with E-state index in [1.54, 1.807) is 18.2 Å². The molecule has 3 rings (SSSR count). The number of furan rings is 1. The Labute approximate surface area is 153 Å². The molecule has 5 heteroatoms. The Balaban J connectivity index is 1.54. The Kier molecular flexibility index (Phi) is 6.03. The maximum Gasteiger partial charge on any atom is 0.287 e. The van der Waals surface area contributed by atoms with E-state index < -0.39 is 0 Å². The minimum absolute atomic E-state index is 0.138. The van der Waals surface area contributed by atoms with Gasteiger partial charge in [0, 0.05) is 11.1 Å². The predicted molar refractivity (Wildman–Crippen MR) is 98.2 cm³/mol. The minimum Gasteiger partial charge on any atom is -0.486 e. The molecule has 0 spiro atoms. The molecule has 1 fully saturated rings. The number of halogens is 1. The lowest BCUT2D eigenvalue weighted by Gasteiger charge is -2.15. The van der Waals surface area contributed by atoms with E-state index in [0.717, 1.165) is 24.2 Å². The highest BCUT2D eigenvalue weighted by atomic mass is 35.5. The molecule has 1 amide bonds. The Morgan fingerprint density at radius 1 is 1.20 bits per heavy atom. The largest absolute Gasteiger partial charge is 0.486 e.